The van der Waals surface area contributed by atoms with Crippen molar-refractivity contribution in [2.45, 2.75) is 39.3 Å². The molecule has 0 aliphatic carbocycles. The zero-order valence-corrected chi connectivity index (χ0v) is 14.4. The molecule has 2 atom stereocenters. The fraction of sp³-hybridized carbons (Fsp3) is 0.474. The summed E-state index contributed by atoms with van der Waals surface area (Å²) in [4.78, 5) is 26.8. The van der Waals surface area contributed by atoms with Crippen LogP contribution in [0.5, 0.6) is 0 Å². The zero-order chi connectivity index (χ0) is 17.3. The number of hydrogen-bond acceptors (Lipinski definition) is 3. The summed E-state index contributed by atoms with van der Waals surface area (Å²) in [6, 6.07) is 9.12. The molecule has 128 valence electrons. The SMILES string of the molecule is CCC[C@H]1CN(C(=O)Cn2c(C)cc(=O)c3ccccc32)C[C@@H]1N. The van der Waals surface area contributed by atoms with E-state index in [0.29, 0.717) is 17.8 Å². The minimum atomic E-state index is -0.00185. The van der Waals surface area contributed by atoms with Crippen LogP contribution in [0.15, 0.2) is 35.1 Å². The Kier molecular flexibility index (Phi) is 4.71. The fourth-order valence-electron chi connectivity index (χ4n) is 3.67. The second kappa shape index (κ2) is 6.77. The van der Waals surface area contributed by atoms with Gasteiger partial charge in [0.15, 0.2) is 5.43 Å². The van der Waals surface area contributed by atoms with Gasteiger partial charge in [0.25, 0.3) is 0 Å². The molecular weight excluding hydrogens is 302 g/mol. The van der Waals surface area contributed by atoms with Crippen molar-refractivity contribution in [3.05, 3.63) is 46.2 Å². The van der Waals surface area contributed by atoms with Crippen LogP contribution in [0.2, 0.25) is 0 Å². The van der Waals surface area contributed by atoms with Crippen LogP contribution in [0.25, 0.3) is 10.9 Å². The van der Waals surface area contributed by atoms with Gasteiger partial charge >= 0.3 is 0 Å². The van der Waals surface area contributed by atoms with Crippen molar-refractivity contribution >= 4 is 16.8 Å². The highest BCUT2D eigenvalue weighted by molar-refractivity contribution is 5.82. The number of rotatable bonds is 4. The van der Waals surface area contributed by atoms with Crippen LogP contribution in [0.4, 0.5) is 0 Å². The topological polar surface area (TPSA) is 68.3 Å². The number of amides is 1. The minimum absolute atomic E-state index is 0.00185. The maximum absolute atomic E-state index is 12.8. The maximum Gasteiger partial charge on any atom is 0.242 e. The standard InChI is InChI=1S/C19H25N3O2/c1-3-6-14-10-21(11-16(14)20)19(24)12-22-13(2)9-18(23)15-7-4-5-8-17(15)22/h4-5,7-9,14,16H,3,6,10-12,20H2,1-2H3/t14-,16-/m0/s1. The van der Waals surface area contributed by atoms with Gasteiger partial charge < -0.3 is 15.2 Å². The van der Waals surface area contributed by atoms with Gasteiger partial charge in [0.05, 0.1) is 5.52 Å². The summed E-state index contributed by atoms with van der Waals surface area (Å²) in [5.41, 5.74) is 7.80. The molecule has 5 heteroatoms. The first-order valence-electron chi connectivity index (χ1n) is 8.63. The molecule has 3 rings (SSSR count). The Morgan fingerprint density at radius 1 is 1.29 bits per heavy atom. The predicted molar refractivity (Wildman–Crippen MR) is 95.9 cm³/mol. The van der Waals surface area contributed by atoms with E-state index < -0.39 is 0 Å². The van der Waals surface area contributed by atoms with Crippen molar-refractivity contribution in [2.75, 3.05) is 13.1 Å². The highest BCUT2D eigenvalue weighted by atomic mass is 16.2. The Hall–Kier alpha value is -2.14. The summed E-state index contributed by atoms with van der Waals surface area (Å²) in [6.45, 7) is 5.63. The fourth-order valence-corrected chi connectivity index (χ4v) is 3.67. The smallest absolute Gasteiger partial charge is 0.242 e. The van der Waals surface area contributed by atoms with Crippen LogP contribution in [-0.4, -0.2) is 34.5 Å². The van der Waals surface area contributed by atoms with Gasteiger partial charge in [-0.05, 0) is 31.4 Å². The zero-order valence-electron chi connectivity index (χ0n) is 14.4. The second-order valence-corrected chi connectivity index (χ2v) is 6.76. The lowest BCUT2D eigenvalue weighted by Crippen LogP contribution is -2.35. The molecule has 0 radical (unpaired) electrons. The van der Waals surface area contributed by atoms with Crippen molar-refractivity contribution < 1.29 is 4.79 Å². The molecule has 2 N–H and O–H groups in total. The number of fused-ring (bicyclic) bond motifs is 1. The van der Waals surface area contributed by atoms with Gasteiger partial charge in [-0.2, -0.15) is 0 Å². The van der Waals surface area contributed by atoms with Crippen molar-refractivity contribution in [3.63, 3.8) is 0 Å². The van der Waals surface area contributed by atoms with E-state index in [9.17, 15) is 9.59 Å². The van der Waals surface area contributed by atoms with Gasteiger partial charge in [0.1, 0.15) is 6.54 Å². The molecule has 2 aromatic rings. The van der Waals surface area contributed by atoms with Gasteiger partial charge in [-0.25, -0.2) is 0 Å². The number of aryl methyl sites for hydroxylation is 1. The van der Waals surface area contributed by atoms with E-state index in [2.05, 4.69) is 6.92 Å². The summed E-state index contributed by atoms with van der Waals surface area (Å²) in [5.74, 6) is 0.465. The van der Waals surface area contributed by atoms with E-state index in [1.54, 1.807) is 12.1 Å². The Balaban J connectivity index is 1.86. The summed E-state index contributed by atoms with van der Waals surface area (Å²) in [7, 11) is 0. The number of carbonyl (C=O) groups excluding carboxylic acids is 1. The van der Waals surface area contributed by atoms with E-state index in [1.165, 1.54) is 0 Å². The number of aromatic nitrogens is 1. The molecule has 5 nitrogen and oxygen atoms in total. The third-order valence-electron chi connectivity index (χ3n) is 5.02. The lowest BCUT2D eigenvalue weighted by Gasteiger charge is -2.20. The molecule has 1 saturated heterocycles. The first-order chi connectivity index (χ1) is 11.5. The summed E-state index contributed by atoms with van der Waals surface area (Å²) in [6.07, 6.45) is 2.15. The molecule has 0 spiro atoms. The number of para-hydroxylation sites is 1. The first kappa shape index (κ1) is 16.7. The largest absolute Gasteiger partial charge is 0.339 e. The lowest BCUT2D eigenvalue weighted by atomic mass is 9.99. The van der Waals surface area contributed by atoms with Crippen molar-refractivity contribution in [3.8, 4) is 0 Å². The van der Waals surface area contributed by atoms with Crippen LogP contribution >= 0.6 is 0 Å². The molecule has 0 saturated carbocycles. The summed E-state index contributed by atoms with van der Waals surface area (Å²) < 4.78 is 1.93. The highest BCUT2D eigenvalue weighted by Gasteiger charge is 2.32. The van der Waals surface area contributed by atoms with Crippen LogP contribution in [-0.2, 0) is 11.3 Å². The van der Waals surface area contributed by atoms with E-state index in [4.69, 9.17) is 5.73 Å². The van der Waals surface area contributed by atoms with E-state index in [1.807, 2.05) is 34.6 Å². The van der Waals surface area contributed by atoms with E-state index >= 15 is 0 Å². The number of hydrogen-bond donors (Lipinski definition) is 1. The number of nitrogens with zero attached hydrogens (tertiary/aromatic N) is 2. The number of likely N-dealkylation sites (tertiary alicyclic amines) is 1. The molecule has 1 aromatic carbocycles. The number of pyridine rings is 1. The Morgan fingerprint density at radius 3 is 2.79 bits per heavy atom. The van der Waals surface area contributed by atoms with Gasteiger partial charge in [0, 0.05) is 36.3 Å². The molecule has 1 fully saturated rings. The van der Waals surface area contributed by atoms with Crippen LogP contribution < -0.4 is 11.2 Å². The minimum Gasteiger partial charge on any atom is -0.339 e. The number of nitrogens with two attached hydrogens (primary N) is 1. The van der Waals surface area contributed by atoms with Gasteiger partial charge in [-0.3, -0.25) is 9.59 Å². The summed E-state index contributed by atoms with van der Waals surface area (Å²) >= 11 is 0. The average Bonchev–Trinajstić information content (AvgIpc) is 2.93. The number of benzene rings is 1. The molecule has 0 bridgehead atoms. The molecule has 1 aliphatic heterocycles. The third kappa shape index (κ3) is 3.08. The normalized spacial score (nSPS) is 20.7. The second-order valence-electron chi connectivity index (χ2n) is 6.76. The molecule has 24 heavy (non-hydrogen) atoms. The van der Waals surface area contributed by atoms with Crippen molar-refractivity contribution in [2.24, 2.45) is 11.7 Å². The average molecular weight is 327 g/mol. The summed E-state index contributed by atoms with van der Waals surface area (Å²) in [5, 5.41) is 0.651. The molecule has 2 heterocycles. The maximum atomic E-state index is 12.8. The van der Waals surface area contributed by atoms with Crippen LogP contribution in [0.3, 0.4) is 0 Å². The van der Waals surface area contributed by atoms with Gasteiger partial charge in [0.2, 0.25) is 5.91 Å². The van der Waals surface area contributed by atoms with Crippen LogP contribution in [0, 0.1) is 12.8 Å². The number of carbonyl (C=O) groups is 1. The van der Waals surface area contributed by atoms with Crippen molar-refractivity contribution in [1.29, 1.82) is 0 Å². The van der Waals surface area contributed by atoms with Gasteiger partial charge in [-0.15, -0.1) is 0 Å². The van der Waals surface area contributed by atoms with E-state index in [0.717, 1.165) is 30.6 Å². The first-order valence-corrected chi connectivity index (χ1v) is 8.63. The quantitative estimate of drug-likeness (QED) is 0.932. The van der Waals surface area contributed by atoms with Crippen LogP contribution in [0.1, 0.15) is 25.5 Å². The predicted octanol–water partition coefficient (Wildman–Crippen LogP) is 1.90. The van der Waals surface area contributed by atoms with E-state index in [-0.39, 0.29) is 23.9 Å². The third-order valence-corrected chi connectivity index (χ3v) is 5.02. The molecule has 1 amide bonds. The molecule has 1 aromatic heterocycles. The molecular formula is C19H25N3O2. The highest BCUT2D eigenvalue weighted by Crippen LogP contribution is 2.21. The van der Waals surface area contributed by atoms with Gasteiger partial charge in [-0.1, -0.05) is 25.5 Å². The Bertz CT molecular complexity index is 812. The Labute approximate surface area is 142 Å². The lowest BCUT2D eigenvalue weighted by molar-refractivity contribution is -0.130. The molecule has 1 aliphatic rings. The Morgan fingerprint density at radius 2 is 2.04 bits per heavy atom. The molecule has 0 unspecified atom stereocenters. The monoisotopic (exact) mass is 327 g/mol. The van der Waals surface area contributed by atoms with Crippen molar-refractivity contribution in [1.82, 2.24) is 9.47 Å².